The first-order valence-corrected chi connectivity index (χ1v) is 17.9. The van der Waals surface area contributed by atoms with E-state index in [0.717, 1.165) is 50.0 Å². The summed E-state index contributed by atoms with van der Waals surface area (Å²) in [7, 11) is 0. The van der Waals surface area contributed by atoms with Gasteiger partial charge in [-0.1, -0.05) is 12.8 Å². The van der Waals surface area contributed by atoms with Crippen molar-refractivity contribution in [2.45, 2.75) is 102 Å². The molecule has 0 unspecified atom stereocenters. The standard InChI is InChI=1S/C36H49F2N7O2/c1-4-43(22(2)3)35(46)28-19-24(37)9-12-30(28)45-17-16-44(34-31(45)20-39-21-40-34)25-6-5-14-42(15-13-25)36(47)33-26-10-11-29(41-33)27(32(26)38)18-23-7-8-23/h9,12,19-23,25-27,29,32-33,41H,4-8,10-11,13-18H2,1-3H3/t25-,26+,27-,29-,32+,33-/m0/s1. The Bertz CT molecular complexity index is 1470. The number of benzene rings is 1. The van der Waals surface area contributed by atoms with Gasteiger partial charge in [-0.3, -0.25) is 9.59 Å². The Morgan fingerprint density at radius 3 is 2.62 bits per heavy atom. The fourth-order valence-corrected chi connectivity index (χ4v) is 8.87. The summed E-state index contributed by atoms with van der Waals surface area (Å²) in [6.45, 7) is 8.91. The maximum atomic E-state index is 15.7. The zero-order valence-electron chi connectivity index (χ0n) is 28.0. The van der Waals surface area contributed by atoms with Crippen LogP contribution in [-0.4, -0.2) is 94.6 Å². The number of likely N-dealkylation sites (tertiary alicyclic amines) is 1. The van der Waals surface area contributed by atoms with Gasteiger partial charge < -0.3 is 24.9 Å². The zero-order chi connectivity index (χ0) is 32.8. The van der Waals surface area contributed by atoms with Crippen LogP contribution in [0.1, 0.15) is 82.5 Å². The van der Waals surface area contributed by atoms with Gasteiger partial charge in [-0.05, 0) is 83.4 Å². The second kappa shape index (κ2) is 13.3. The topological polar surface area (TPSA) is 84.9 Å². The number of nitrogens with zero attached hydrogens (tertiary/aromatic N) is 6. The van der Waals surface area contributed by atoms with Crippen LogP contribution in [0.25, 0.3) is 0 Å². The van der Waals surface area contributed by atoms with Crippen LogP contribution in [0.5, 0.6) is 0 Å². The molecule has 254 valence electrons. The van der Waals surface area contributed by atoms with Crippen LogP contribution in [0.2, 0.25) is 0 Å². The van der Waals surface area contributed by atoms with E-state index in [1.165, 1.54) is 25.0 Å². The average molecular weight is 650 g/mol. The molecule has 2 aromatic rings. The number of anilines is 3. The number of piperidine rings is 2. The smallest absolute Gasteiger partial charge is 0.256 e. The lowest BCUT2D eigenvalue weighted by atomic mass is 9.67. The molecule has 3 saturated heterocycles. The number of fused-ring (bicyclic) bond motifs is 4. The lowest BCUT2D eigenvalue weighted by Gasteiger charge is -2.50. The van der Waals surface area contributed by atoms with E-state index < -0.39 is 18.0 Å². The number of aromatic nitrogens is 2. The van der Waals surface area contributed by atoms with Gasteiger partial charge in [0.05, 0.1) is 23.5 Å². The molecule has 6 aliphatic rings. The largest absolute Gasteiger partial charge is 0.350 e. The molecule has 2 aliphatic carbocycles. The summed E-state index contributed by atoms with van der Waals surface area (Å²) < 4.78 is 30.2. The SMILES string of the molecule is CCN(C(=O)c1cc(F)ccc1N1CCN([C@H]2CCCN(C(=O)[C@H]3N[C@H]4CC[C@@H]3[C@@H](F)[C@H]4CC3CC3)CC2)c2ncncc21)C(C)C. The van der Waals surface area contributed by atoms with Gasteiger partial charge in [-0.25, -0.2) is 18.7 Å². The minimum absolute atomic E-state index is 0.0237. The first-order chi connectivity index (χ1) is 22.7. The molecule has 1 aromatic carbocycles. The normalized spacial score (nSPS) is 29.1. The molecule has 1 aromatic heterocycles. The van der Waals surface area contributed by atoms with Crippen LogP contribution in [0.15, 0.2) is 30.7 Å². The van der Waals surface area contributed by atoms with E-state index in [4.69, 9.17) is 4.98 Å². The van der Waals surface area contributed by atoms with E-state index in [-0.39, 0.29) is 41.8 Å². The summed E-state index contributed by atoms with van der Waals surface area (Å²) in [6.07, 6.45) is 10.2. The number of hydrogen-bond acceptors (Lipinski definition) is 7. The van der Waals surface area contributed by atoms with Crippen molar-refractivity contribution < 1.29 is 18.4 Å². The van der Waals surface area contributed by atoms with Gasteiger partial charge in [-0.15, -0.1) is 0 Å². The van der Waals surface area contributed by atoms with Crippen molar-refractivity contribution in [3.63, 3.8) is 0 Å². The molecule has 2 amide bonds. The second-order valence-corrected chi connectivity index (χ2v) is 14.6. The molecule has 5 heterocycles. The molecule has 0 spiro atoms. The van der Waals surface area contributed by atoms with Gasteiger partial charge in [0.15, 0.2) is 5.82 Å². The summed E-state index contributed by atoms with van der Waals surface area (Å²) in [5.41, 5.74) is 1.75. The van der Waals surface area contributed by atoms with E-state index in [1.54, 1.807) is 23.5 Å². The summed E-state index contributed by atoms with van der Waals surface area (Å²) in [6, 6.07) is 4.26. The molecule has 2 saturated carbocycles. The van der Waals surface area contributed by atoms with Crippen molar-refractivity contribution in [1.29, 1.82) is 0 Å². The minimum Gasteiger partial charge on any atom is -0.350 e. The first kappa shape index (κ1) is 32.2. The van der Waals surface area contributed by atoms with Crippen molar-refractivity contribution in [3.05, 3.63) is 42.1 Å². The predicted molar refractivity (Wildman–Crippen MR) is 178 cm³/mol. The number of halogens is 2. The molecule has 8 rings (SSSR count). The van der Waals surface area contributed by atoms with Crippen LogP contribution in [0.4, 0.5) is 26.0 Å². The summed E-state index contributed by atoms with van der Waals surface area (Å²) in [5.74, 6) is 0.715. The minimum atomic E-state index is -0.885. The Morgan fingerprint density at radius 2 is 1.87 bits per heavy atom. The molecule has 9 nitrogen and oxygen atoms in total. The van der Waals surface area contributed by atoms with Crippen molar-refractivity contribution in [1.82, 2.24) is 25.1 Å². The molecule has 1 N–H and O–H groups in total. The second-order valence-electron chi connectivity index (χ2n) is 14.6. The van der Waals surface area contributed by atoms with Crippen molar-refractivity contribution in [2.24, 2.45) is 17.8 Å². The highest BCUT2D eigenvalue weighted by Gasteiger charge is 2.52. The molecular formula is C36H49F2N7O2. The monoisotopic (exact) mass is 649 g/mol. The number of carbonyl (C=O) groups excluding carboxylic acids is 2. The lowest BCUT2D eigenvalue weighted by molar-refractivity contribution is -0.141. The Balaban J connectivity index is 1.06. The van der Waals surface area contributed by atoms with E-state index >= 15 is 4.39 Å². The first-order valence-electron chi connectivity index (χ1n) is 17.9. The average Bonchev–Trinajstić information content (AvgIpc) is 3.93. The van der Waals surface area contributed by atoms with Gasteiger partial charge >= 0.3 is 0 Å². The number of alkyl halides is 1. The maximum Gasteiger partial charge on any atom is 0.256 e. The van der Waals surface area contributed by atoms with Crippen LogP contribution >= 0.6 is 0 Å². The third-order valence-electron chi connectivity index (χ3n) is 11.5. The molecule has 47 heavy (non-hydrogen) atoms. The Hall–Kier alpha value is -3.34. The molecule has 4 aliphatic heterocycles. The van der Waals surface area contributed by atoms with Crippen molar-refractivity contribution in [2.75, 3.05) is 42.5 Å². The van der Waals surface area contributed by atoms with E-state index in [2.05, 4.69) is 15.2 Å². The van der Waals surface area contributed by atoms with E-state index in [9.17, 15) is 14.0 Å². The summed E-state index contributed by atoms with van der Waals surface area (Å²) >= 11 is 0. The highest BCUT2D eigenvalue weighted by Crippen LogP contribution is 2.47. The van der Waals surface area contributed by atoms with Crippen LogP contribution in [-0.2, 0) is 4.79 Å². The number of carbonyl (C=O) groups is 2. The van der Waals surface area contributed by atoms with E-state index in [1.807, 2.05) is 30.6 Å². The highest BCUT2D eigenvalue weighted by atomic mass is 19.1. The fourth-order valence-electron chi connectivity index (χ4n) is 8.87. The molecule has 6 atom stereocenters. The van der Waals surface area contributed by atoms with Gasteiger partial charge in [0.25, 0.3) is 5.91 Å². The van der Waals surface area contributed by atoms with Crippen LogP contribution in [0, 0.1) is 23.6 Å². The lowest BCUT2D eigenvalue weighted by Crippen LogP contribution is -2.66. The van der Waals surface area contributed by atoms with Crippen LogP contribution in [0.3, 0.4) is 0 Å². The Labute approximate surface area is 277 Å². The molecule has 2 bridgehead atoms. The fraction of sp³-hybridized carbons (Fsp3) is 0.667. The van der Waals surface area contributed by atoms with Crippen molar-refractivity contribution >= 4 is 29.0 Å². The van der Waals surface area contributed by atoms with Crippen LogP contribution < -0.4 is 15.1 Å². The Kier molecular flexibility index (Phi) is 9.11. The molecule has 11 heteroatoms. The van der Waals surface area contributed by atoms with Gasteiger partial charge in [0.1, 0.15) is 24.0 Å². The predicted octanol–water partition coefficient (Wildman–Crippen LogP) is 5.33. The van der Waals surface area contributed by atoms with Gasteiger partial charge in [0.2, 0.25) is 5.91 Å². The molecule has 0 radical (unpaired) electrons. The highest BCUT2D eigenvalue weighted by molar-refractivity contribution is 6.01. The van der Waals surface area contributed by atoms with Gasteiger partial charge in [0, 0.05) is 62.7 Å². The maximum absolute atomic E-state index is 15.7. The number of amides is 2. The number of hydrogen-bond donors (Lipinski definition) is 1. The van der Waals surface area contributed by atoms with Gasteiger partial charge in [-0.2, -0.15) is 0 Å². The van der Waals surface area contributed by atoms with E-state index in [0.29, 0.717) is 49.9 Å². The molecular weight excluding hydrogens is 600 g/mol. The molecule has 5 fully saturated rings. The third-order valence-corrected chi connectivity index (χ3v) is 11.5. The summed E-state index contributed by atoms with van der Waals surface area (Å²) in [5, 5.41) is 3.61. The number of nitrogens with one attached hydrogen (secondary N) is 1. The third kappa shape index (κ3) is 6.20. The summed E-state index contributed by atoms with van der Waals surface area (Å²) in [4.78, 5) is 44.7. The zero-order valence-corrected chi connectivity index (χ0v) is 28.0. The quantitative estimate of drug-likeness (QED) is 0.414. The van der Waals surface area contributed by atoms with Crippen molar-refractivity contribution in [3.8, 4) is 0 Å². The Morgan fingerprint density at radius 1 is 1.04 bits per heavy atom. The number of rotatable bonds is 8.